The minimum absolute atomic E-state index is 0.110. The van der Waals surface area contributed by atoms with Gasteiger partial charge in [0, 0.05) is 25.5 Å². The van der Waals surface area contributed by atoms with Crippen molar-refractivity contribution >= 4 is 11.6 Å². The van der Waals surface area contributed by atoms with Gasteiger partial charge in [0.05, 0.1) is 5.56 Å². The van der Waals surface area contributed by atoms with Crippen molar-refractivity contribution < 1.29 is 13.2 Å². The van der Waals surface area contributed by atoms with Gasteiger partial charge in [-0.1, -0.05) is 0 Å². The standard InChI is InChI=1S/C10H9F3N4/c1-17-5-3-8(16-17)15-9-6-7(2-4-14-9)10(11,12)13/h2-6H,1H3,(H,14,15,16). The summed E-state index contributed by atoms with van der Waals surface area (Å²) in [5.74, 6) is 0.554. The topological polar surface area (TPSA) is 42.7 Å². The highest BCUT2D eigenvalue weighted by Gasteiger charge is 2.30. The molecule has 0 unspecified atom stereocenters. The Labute approximate surface area is 95.1 Å². The number of halogens is 3. The van der Waals surface area contributed by atoms with Crippen molar-refractivity contribution in [3.05, 3.63) is 36.2 Å². The van der Waals surface area contributed by atoms with E-state index in [1.54, 1.807) is 19.3 Å². The molecule has 0 saturated heterocycles. The normalized spacial score (nSPS) is 11.5. The van der Waals surface area contributed by atoms with Crippen molar-refractivity contribution in [2.24, 2.45) is 7.05 Å². The van der Waals surface area contributed by atoms with Gasteiger partial charge in [0.1, 0.15) is 5.82 Å². The number of hydrogen-bond acceptors (Lipinski definition) is 3. The molecular formula is C10H9F3N4. The van der Waals surface area contributed by atoms with Crippen LogP contribution in [0.25, 0.3) is 0 Å². The molecule has 2 heterocycles. The molecule has 0 spiro atoms. The van der Waals surface area contributed by atoms with Gasteiger partial charge in [-0.3, -0.25) is 4.68 Å². The van der Waals surface area contributed by atoms with Crippen LogP contribution in [0.15, 0.2) is 30.6 Å². The molecule has 0 aromatic carbocycles. The van der Waals surface area contributed by atoms with E-state index in [2.05, 4.69) is 15.4 Å². The smallest absolute Gasteiger partial charge is 0.323 e. The molecule has 7 heteroatoms. The number of nitrogens with one attached hydrogen (secondary N) is 1. The van der Waals surface area contributed by atoms with Crippen LogP contribution in [0.5, 0.6) is 0 Å². The van der Waals surface area contributed by atoms with Crippen LogP contribution < -0.4 is 5.32 Å². The number of rotatable bonds is 2. The van der Waals surface area contributed by atoms with E-state index in [1.165, 1.54) is 4.68 Å². The zero-order valence-electron chi connectivity index (χ0n) is 8.86. The lowest BCUT2D eigenvalue weighted by molar-refractivity contribution is -0.137. The summed E-state index contributed by atoms with van der Waals surface area (Å²) >= 11 is 0. The van der Waals surface area contributed by atoms with Crippen LogP contribution in [0.3, 0.4) is 0 Å². The second-order valence-electron chi connectivity index (χ2n) is 3.43. The van der Waals surface area contributed by atoms with E-state index in [9.17, 15) is 13.2 Å². The summed E-state index contributed by atoms with van der Waals surface area (Å²) in [6.45, 7) is 0. The Morgan fingerprint density at radius 1 is 1.24 bits per heavy atom. The zero-order valence-corrected chi connectivity index (χ0v) is 8.86. The van der Waals surface area contributed by atoms with E-state index >= 15 is 0 Å². The fourth-order valence-corrected chi connectivity index (χ4v) is 1.29. The van der Waals surface area contributed by atoms with Gasteiger partial charge in [0.2, 0.25) is 0 Å². The third-order valence-electron chi connectivity index (χ3n) is 2.06. The van der Waals surface area contributed by atoms with E-state index in [1.807, 2.05) is 0 Å². The number of hydrogen-bond donors (Lipinski definition) is 1. The summed E-state index contributed by atoms with van der Waals surface area (Å²) in [7, 11) is 1.71. The summed E-state index contributed by atoms with van der Waals surface area (Å²) < 4.78 is 38.8. The molecule has 2 rings (SSSR count). The number of anilines is 2. The van der Waals surface area contributed by atoms with Crippen molar-refractivity contribution in [1.82, 2.24) is 14.8 Å². The van der Waals surface area contributed by atoms with Gasteiger partial charge in [-0.2, -0.15) is 18.3 Å². The molecule has 0 atom stereocenters. The molecular weight excluding hydrogens is 233 g/mol. The molecule has 0 aliphatic carbocycles. The number of aryl methyl sites for hydroxylation is 1. The Morgan fingerprint density at radius 3 is 2.59 bits per heavy atom. The first kappa shape index (κ1) is 11.4. The van der Waals surface area contributed by atoms with Crippen LogP contribution in [0.2, 0.25) is 0 Å². The zero-order chi connectivity index (χ0) is 12.5. The Hall–Kier alpha value is -2.05. The molecule has 2 aromatic rings. The molecule has 2 aromatic heterocycles. The lowest BCUT2D eigenvalue weighted by Crippen LogP contribution is -2.06. The second-order valence-corrected chi connectivity index (χ2v) is 3.43. The van der Waals surface area contributed by atoms with Crippen LogP contribution in [0, 0.1) is 0 Å². The molecule has 4 nitrogen and oxygen atoms in total. The van der Waals surface area contributed by atoms with Crippen molar-refractivity contribution in [2.45, 2.75) is 6.18 Å². The number of aromatic nitrogens is 3. The van der Waals surface area contributed by atoms with Crippen LogP contribution in [-0.2, 0) is 13.2 Å². The Balaban J connectivity index is 2.22. The maximum Gasteiger partial charge on any atom is 0.416 e. The van der Waals surface area contributed by atoms with Gasteiger partial charge in [-0.25, -0.2) is 4.98 Å². The van der Waals surface area contributed by atoms with E-state index in [0.717, 1.165) is 18.3 Å². The van der Waals surface area contributed by atoms with E-state index in [0.29, 0.717) is 5.82 Å². The monoisotopic (exact) mass is 242 g/mol. The van der Waals surface area contributed by atoms with Crippen LogP contribution in [-0.4, -0.2) is 14.8 Å². The van der Waals surface area contributed by atoms with Gasteiger partial charge < -0.3 is 5.32 Å². The molecule has 0 aliphatic heterocycles. The summed E-state index contributed by atoms with van der Waals surface area (Å²) in [5, 5.41) is 6.68. The third kappa shape index (κ3) is 2.74. The molecule has 1 N–H and O–H groups in total. The molecule has 0 amide bonds. The molecule has 0 radical (unpaired) electrons. The first-order valence-corrected chi connectivity index (χ1v) is 4.75. The first-order valence-electron chi connectivity index (χ1n) is 4.75. The van der Waals surface area contributed by atoms with Gasteiger partial charge in [0.15, 0.2) is 5.82 Å². The highest BCUT2D eigenvalue weighted by atomic mass is 19.4. The molecule has 17 heavy (non-hydrogen) atoms. The van der Waals surface area contributed by atoms with E-state index in [-0.39, 0.29) is 5.82 Å². The minimum atomic E-state index is -4.37. The maximum atomic E-state index is 12.4. The van der Waals surface area contributed by atoms with E-state index in [4.69, 9.17) is 0 Å². The van der Waals surface area contributed by atoms with Crippen LogP contribution in [0.1, 0.15) is 5.56 Å². The summed E-state index contributed by atoms with van der Waals surface area (Å²) in [5.41, 5.74) is -0.745. The Kier molecular flexibility index (Phi) is 2.74. The lowest BCUT2D eigenvalue weighted by Gasteiger charge is -2.08. The van der Waals surface area contributed by atoms with Gasteiger partial charge in [-0.05, 0) is 12.1 Å². The summed E-state index contributed by atoms with van der Waals surface area (Å²) in [6.07, 6.45) is -1.59. The molecule has 0 fully saturated rings. The van der Waals surface area contributed by atoms with Gasteiger partial charge >= 0.3 is 6.18 Å². The maximum absolute atomic E-state index is 12.4. The molecule has 0 saturated carbocycles. The van der Waals surface area contributed by atoms with Gasteiger partial charge in [-0.15, -0.1) is 0 Å². The quantitative estimate of drug-likeness (QED) is 0.880. The fourth-order valence-electron chi connectivity index (χ4n) is 1.29. The second kappa shape index (κ2) is 4.08. The van der Waals surface area contributed by atoms with Gasteiger partial charge in [0.25, 0.3) is 0 Å². The average Bonchev–Trinajstić information content (AvgIpc) is 2.63. The predicted octanol–water partition coefficient (Wildman–Crippen LogP) is 2.58. The van der Waals surface area contributed by atoms with Crippen molar-refractivity contribution in [1.29, 1.82) is 0 Å². The Bertz CT molecular complexity index is 518. The SMILES string of the molecule is Cn1ccc(Nc2cc(C(F)(F)F)ccn2)n1. The summed E-state index contributed by atoms with van der Waals surface area (Å²) in [4.78, 5) is 3.80. The van der Waals surface area contributed by atoms with Crippen LogP contribution >= 0.6 is 0 Å². The lowest BCUT2D eigenvalue weighted by atomic mass is 10.2. The summed E-state index contributed by atoms with van der Waals surface area (Å²) in [6, 6.07) is 3.50. The molecule has 0 bridgehead atoms. The van der Waals surface area contributed by atoms with E-state index < -0.39 is 11.7 Å². The van der Waals surface area contributed by atoms with Crippen molar-refractivity contribution in [3.8, 4) is 0 Å². The number of nitrogens with zero attached hydrogens (tertiary/aromatic N) is 3. The third-order valence-corrected chi connectivity index (χ3v) is 2.06. The fraction of sp³-hybridized carbons (Fsp3) is 0.200. The Morgan fingerprint density at radius 2 is 2.00 bits per heavy atom. The molecule has 90 valence electrons. The van der Waals surface area contributed by atoms with Crippen LogP contribution in [0.4, 0.5) is 24.8 Å². The highest BCUT2D eigenvalue weighted by Crippen LogP contribution is 2.30. The highest BCUT2D eigenvalue weighted by molar-refractivity contribution is 5.51. The predicted molar refractivity (Wildman–Crippen MR) is 55.7 cm³/mol. The average molecular weight is 242 g/mol. The minimum Gasteiger partial charge on any atom is -0.323 e. The van der Waals surface area contributed by atoms with Crippen molar-refractivity contribution in [3.63, 3.8) is 0 Å². The number of pyridine rings is 1. The largest absolute Gasteiger partial charge is 0.416 e. The van der Waals surface area contributed by atoms with Crippen molar-refractivity contribution in [2.75, 3.05) is 5.32 Å². The number of alkyl halides is 3. The molecule has 0 aliphatic rings. The first-order chi connectivity index (χ1) is 7.95.